The Morgan fingerprint density at radius 2 is 1.82 bits per heavy atom. The van der Waals surface area contributed by atoms with Gasteiger partial charge in [-0.15, -0.1) is 0 Å². The van der Waals surface area contributed by atoms with Gasteiger partial charge in [0.05, 0.1) is 12.7 Å². The molecule has 1 spiro atoms. The number of fused-ring (bicyclic) bond motifs is 7. The van der Waals surface area contributed by atoms with Crippen LogP contribution in [0.15, 0.2) is 0 Å². The fraction of sp³-hybridized carbons (Fsp3) is 0.966. The van der Waals surface area contributed by atoms with Gasteiger partial charge >= 0.3 is 5.97 Å². The van der Waals surface area contributed by atoms with Gasteiger partial charge in [0.1, 0.15) is 11.8 Å². The molecular weight excluding hydrogens is 426 g/mol. The van der Waals surface area contributed by atoms with E-state index < -0.39 is 0 Å². The fourth-order valence-electron chi connectivity index (χ4n) is 10.8. The molecule has 2 aliphatic heterocycles. The zero-order chi connectivity index (χ0) is 24.0. The van der Waals surface area contributed by atoms with Crippen molar-refractivity contribution >= 4 is 5.97 Å². The summed E-state index contributed by atoms with van der Waals surface area (Å²) < 4.78 is 12.2. The van der Waals surface area contributed by atoms with Gasteiger partial charge in [0.2, 0.25) is 0 Å². The average molecular weight is 474 g/mol. The fourth-order valence-corrected chi connectivity index (χ4v) is 10.8. The van der Waals surface area contributed by atoms with Gasteiger partial charge in [-0.05, 0) is 98.7 Å². The highest BCUT2D eigenvalue weighted by Crippen LogP contribution is 2.70. The average Bonchev–Trinajstić information content (AvgIpc) is 3.23. The molecule has 192 valence electrons. The van der Waals surface area contributed by atoms with Gasteiger partial charge in [0.15, 0.2) is 0 Å². The number of nitrogens with one attached hydrogen (secondary N) is 1. The summed E-state index contributed by atoms with van der Waals surface area (Å²) in [6.07, 6.45) is 9.99. The number of aliphatic hydroxyl groups excluding tert-OH is 1. The second kappa shape index (κ2) is 7.92. The van der Waals surface area contributed by atoms with E-state index in [-0.39, 0.29) is 34.7 Å². The second-order valence-electron chi connectivity index (χ2n) is 13.9. The number of hydrogen-bond acceptors (Lipinski definition) is 5. The maximum atomic E-state index is 11.9. The Kier molecular flexibility index (Phi) is 5.53. The number of aliphatic hydroxyl groups is 1. The van der Waals surface area contributed by atoms with Crippen molar-refractivity contribution in [1.82, 2.24) is 5.32 Å². The van der Waals surface area contributed by atoms with Crippen molar-refractivity contribution in [1.29, 1.82) is 0 Å². The van der Waals surface area contributed by atoms with E-state index in [9.17, 15) is 9.90 Å². The summed E-state index contributed by atoms with van der Waals surface area (Å²) in [4.78, 5) is 11.6. The molecule has 0 aromatic heterocycles. The molecule has 9 unspecified atom stereocenters. The molecule has 4 aliphatic carbocycles. The van der Waals surface area contributed by atoms with E-state index in [1.54, 1.807) is 0 Å². The van der Waals surface area contributed by atoms with Crippen LogP contribution in [0.25, 0.3) is 0 Å². The van der Waals surface area contributed by atoms with Gasteiger partial charge in [-0.25, -0.2) is 0 Å². The number of esters is 1. The normalized spacial score (nSPS) is 58.5. The predicted molar refractivity (Wildman–Crippen MR) is 131 cm³/mol. The summed E-state index contributed by atoms with van der Waals surface area (Å²) >= 11 is 0. The van der Waals surface area contributed by atoms with Crippen molar-refractivity contribution in [3.05, 3.63) is 0 Å². The second-order valence-corrected chi connectivity index (χ2v) is 13.9. The molecule has 34 heavy (non-hydrogen) atoms. The third kappa shape index (κ3) is 3.18. The Labute approximate surface area is 206 Å². The van der Waals surface area contributed by atoms with Crippen LogP contribution in [0.4, 0.5) is 0 Å². The van der Waals surface area contributed by atoms with Crippen LogP contribution in [-0.2, 0) is 14.3 Å². The summed E-state index contributed by atoms with van der Waals surface area (Å²) in [5.74, 6) is 3.95. The Balaban J connectivity index is 1.24. The molecule has 2 N–H and O–H groups in total. The zero-order valence-electron chi connectivity index (χ0n) is 22.0. The van der Waals surface area contributed by atoms with Crippen molar-refractivity contribution in [2.45, 2.75) is 116 Å². The van der Waals surface area contributed by atoms with Crippen LogP contribution in [-0.4, -0.2) is 41.7 Å². The Hall–Kier alpha value is -0.650. The van der Waals surface area contributed by atoms with Crippen LogP contribution >= 0.6 is 0 Å². The molecule has 0 aromatic carbocycles. The largest absolute Gasteiger partial charge is 0.463 e. The molecule has 6 aliphatic rings. The van der Waals surface area contributed by atoms with Crippen LogP contribution < -0.4 is 5.32 Å². The lowest BCUT2D eigenvalue weighted by molar-refractivity contribution is -0.192. The molecule has 13 atom stereocenters. The van der Waals surface area contributed by atoms with Gasteiger partial charge in [-0.3, -0.25) is 10.1 Å². The van der Waals surface area contributed by atoms with Gasteiger partial charge in [-0.2, -0.15) is 0 Å². The molecule has 4 saturated carbocycles. The molecule has 0 radical (unpaired) electrons. The number of hydrogen-bond donors (Lipinski definition) is 2. The van der Waals surface area contributed by atoms with E-state index >= 15 is 0 Å². The van der Waals surface area contributed by atoms with Gasteiger partial charge < -0.3 is 14.6 Å². The van der Waals surface area contributed by atoms with E-state index in [0.717, 1.165) is 38.7 Å². The number of rotatable bonds is 1. The van der Waals surface area contributed by atoms with Crippen LogP contribution in [0.2, 0.25) is 0 Å². The summed E-state index contributed by atoms with van der Waals surface area (Å²) in [6, 6.07) is 0.469. The lowest BCUT2D eigenvalue weighted by Gasteiger charge is -2.62. The van der Waals surface area contributed by atoms with Gasteiger partial charge in [0, 0.05) is 24.3 Å². The van der Waals surface area contributed by atoms with Crippen molar-refractivity contribution in [2.75, 3.05) is 6.61 Å². The molecular formula is C29H47NO4. The molecule has 0 amide bonds. The minimum absolute atomic E-state index is 0.0215. The molecule has 6 fully saturated rings. The smallest absolute Gasteiger partial charge is 0.302 e. The maximum absolute atomic E-state index is 11.9. The third-order valence-corrected chi connectivity index (χ3v) is 12.5. The zero-order valence-corrected chi connectivity index (χ0v) is 22.0. The molecule has 5 nitrogen and oxygen atoms in total. The molecule has 6 rings (SSSR count). The van der Waals surface area contributed by atoms with E-state index in [1.165, 1.54) is 32.6 Å². The van der Waals surface area contributed by atoms with Crippen molar-refractivity contribution in [3.63, 3.8) is 0 Å². The van der Waals surface area contributed by atoms with Gasteiger partial charge in [-0.1, -0.05) is 27.7 Å². The predicted octanol–water partition coefficient (Wildman–Crippen LogP) is 4.91. The van der Waals surface area contributed by atoms with E-state index in [4.69, 9.17) is 9.47 Å². The minimum atomic E-state index is -0.238. The monoisotopic (exact) mass is 473 g/mol. The first-order valence-corrected chi connectivity index (χ1v) is 14.4. The molecule has 5 heteroatoms. The topological polar surface area (TPSA) is 67.8 Å². The first-order valence-electron chi connectivity index (χ1n) is 14.4. The Morgan fingerprint density at radius 1 is 1.03 bits per heavy atom. The highest BCUT2D eigenvalue weighted by Gasteiger charge is 2.70. The van der Waals surface area contributed by atoms with Crippen molar-refractivity contribution < 1.29 is 19.4 Å². The van der Waals surface area contributed by atoms with E-state index in [1.807, 2.05) is 0 Å². The Morgan fingerprint density at radius 3 is 2.53 bits per heavy atom. The van der Waals surface area contributed by atoms with Gasteiger partial charge in [0.25, 0.3) is 0 Å². The highest BCUT2D eigenvalue weighted by molar-refractivity contribution is 5.66. The summed E-state index contributed by atoms with van der Waals surface area (Å²) in [6.45, 7) is 12.1. The van der Waals surface area contributed by atoms with E-state index in [0.29, 0.717) is 47.5 Å². The van der Waals surface area contributed by atoms with E-state index in [2.05, 4.69) is 33.0 Å². The quantitative estimate of drug-likeness (QED) is 0.530. The first-order chi connectivity index (χ1) is 16.1. The molecule has 0 aromatic rings. The summed E-state index contributed by atoms with van der Waals surface area (Å²) in [7, 11) is 0. The number of carbonyl (C=O) groups is 1. The lowest BCUT2D eigenvalue weighted by atomic mass is 9.43. The lowest BCUT2D eigenvalue weighted by Crippen LogP contribution is -2.60. The maximum Gasteiger partial charge on any atom is 0.302 e. The van der Waals surface area contributed by atoms with Crippen LogP contribution in [0.3, 0.4) is 0 Å². The number of ether oxygens (including phenoxy) is 2. The van der Waals surface area contributed by atoms with Crippen molar-refractivity contribution in [3.8, 4) is 0 Å². The first kappa shape index (κ1) is 23.7. The van der Waals surface area contributed by atoms with Crippen LogP contribution in [0.1, 0.15) is 92.4 Å². The van der Waals surface area contributed by atoms with Crippen LogP contribution in [0, 0.1) is 52.3 Å². The molecule has 2 saturated heterocycles. The SMILES string of the molecule is CC(=O)O[C@H]1CC[C@@]2(C)C(CCC3C4CC5NC6(CC[C@@H](C)CO6)[C@@H](C)C5C4(C)C(O)CC32)C1. The number of carbonyl (C=O) groups excluding carboxylic acids is 1. The summed E-state index contributed by atoms with van der Waals surface area (Å²) in [5, 5.41) is 16.0. The van der Waals surface area contributed by atoms with Crippen molar-refractivity contribution in [2.24, 2.45) is 52.3 Å². The third-order valence-electron chi connectivity index (χ3n) is 12.5. The molecule has 0 bridgehead atoms. The Bertz CT molecular complexity index is 823. The van der Waals surface area contributed by atoms with Crippen LogP contribution in [0.5, 0.6) is 0 Å². The molecule has 2 heterocycles. The standard InChI is InChI=1S/C29H47NO4/c1-16-8-11-29(33-15-16)17(2)26-24(30-29)13-23-21-7-6-19-12-20(34-18(3)31)9-10-27(19,4)22(21)14-25(32)28(23,26)5/h16-17,19-26,30,32H,6-15H2,1-5H3/t16-,17+,19?,20+,21?,22?,23?,24?,25?,26?,27+,28?,29?/m1/s1. The minimum Gasteiger partial charge on any atom is -0.463 e. The summed E-state index contributed by atoms with van der Waals surface area (Å²) in [5.41, 5.74) is 0.0693. The highest BCUT2D eigenvalue weighted by atomic mass is 16.5.